The van der Waals surface area contributed by atoms with Gasteiger partial charge in [0, 0.05) is 73.1 Å². The molecule has 79 heavy (non-hydrogen) atoms. The largest absolute Gasteiger partial charge is 0.479 e. The van der Waals surface area contributed by atoms with Gasteiger partial charge in [0.25, 0.3) is 0 Å². The lowest BCUT2D eigenvalue weighted by Crippen LogP contribution is -2.60. The molecule has 23 heteroatoms. The minimum atomic E-state index is -1.26. The standard InChI is InChI=1S/C56H82N8O14S/c1-13-32(6)48(42(74-11)27-44(66)64-23-17-20-40(64)50(75-12)33(7)52(68)59-34(8)49(67)35-18-15-14-16-19-35)62(9)54(70)46(30(2)3)60-53(69)47(31(4)5)63(10)56(73)76-29-36-21-22-41(39-26-38(28-58-61-57)79-51(36)39)77-45-25-37(65)24-43(78-45)55(71)72/h14-16,18-19,21-22,26,30-34,37,40,42-43,45-50,65,67H,13,17,20,23-25,27-29H2,1-12H3,(H,59,68)(H,60,69)(H,71,72)/t32-,33+,34+,37-,40-,42+,43-,45+,46?,47-,48-,49+,50+/m0/s1. The summed E-state index contributed by atoms with van der Waals surface area (Å²) in [5, 5.41) is 40.9. The molecule has 3 aromatic rings. The molecule has 5 rings (SSSR count). The van der Waals surface area contributed by atoms with Gasteiger partial charge in [0.05, 0.1) is 61.4 Å². The number of aliphatic hydroxyl groups excluding tert-OH is 2. The molecule has 2 aliphatic heterocycles. The van der Waals surface area contributed by atoms with Crippen LogP contribution in [0.3, 0.4) is 0 Å². The molecule has 2 aliphatic rings. The molecule has 0 radical (unpaired) electrons. The van der Waals surface area contributed by atoms with Crippen LogP contribution < -0.4 is 15.4 Å². The van der Waals surface area contributed by atoms with E-state index >= 15 is 0 Å². The van der Waals surface area contributed by atoms with E-state index in [2.05, 4.69) is 20.7 Å². The van der Waals surface area contributed by atoms with Crippen molar-refractivity contribution in [2.45, 2.75) is 174 Å². The minimum absolute atomic E-state index is 0.0190. The number of hydrogen-bond acceptors (Lipinski definition) is 15. The first-order valence-corrected chi connectivity index (χ1v) is 27.9. The second kappa shape index (κ2) is 29.4. The van der Waals surface area contributed by atoms with Gasteiger partial charge in [-0.05, 0) is 60.7 Å². The first kappa shape index (κ1) is 63.8. The predicted octanol–water partition coefficient (Wildman–Crippen LogP) is 6.93. The summed E-state index contributed by atoms with van der Waals surface area (Å²) in [6.45, 7) is 14.8. The normalized spacial score (nSPS) is 20.9. The Morgan fingerprint density at radius 3 is 2.24 bits per heavy atom. The number of methoxy groups -OCH3 is 2. The molecule has 0 spiro atoms. The van der Waals surface area contributed by atoms with E-state index in [1.807, 2.05) is 32.0 Å². The van der Waals surface area contributed by atoms with Crippen LogP contribution in [0.5, 0.6) is 5.75 Å². The van der Waals surface area contributed by atoms with Crippen LogP contribution in [0.25, 0.3) is 20.5 Å². The Bertz CT molecular complexity index is 2600. The van der Waals surface area contributed by atoms with Gasteiger partial charge in [0.15, 0.2) is 6.10 Å². The summed E-state index contributed by atoms with van der Waals surface area (Å²) in [4.78, 5) is 90.9. The maximum Gasteiger partial charge on any atom is 0.410 e. The second-order valence-corrected chi connectivity index (χ2v) is 22.7. The number of carboxylic acids is 1. The molecule has 13 atom stereocenters. The monoisotopic (exact) mass is 1120 g/mol. The summed E-state index contributed by atoms with van der Waals surface area (Å²) in [7, 11) is 6.10. The smallest absolute Gasteiger partial charge is 0.410 e. The third-order valence-electron chi connectivity index (χ3n) is 15.3. The summed E-state index contributed by atoms with van der Waals surface area (Å²) < 4.78 is 30.2. The molecule has 2 saturated heterocycles. The van der Waals surface area contributed by atoms with E-state index in [1.54, 1.807) is 88.7 Å². The first-order chi connectivity index (χ1) is 37.5. The molecule has 2 aromatic carbocycles. The van der Waals surface area contributed by atoms with Crippen molar-refractivity contribution in [2.24, 2.45) is 28.8 Å². The van der Waals surface area contributed by atoms with Crippen molar-refractivity contribution in [3.05, 3.63) is 75.0 Å². The van der Waals surface area contributed by atoms with E-state index in [9.17, 15) is 44.1 Å². The van der Waals surface area contributed by atoms with Crippen molar-refractivity contribution < 1.29 is 67.8 Å². The van der Waals surface area contributed by atoms with E-state index in [0.717, 1.165) is 0 Å². The number of rotatable bonds is 27. The lowest BCUT2D eigenvalue weighted by molar-refractivity contribution is -0.195. The number of nitrogens with zero attached hydrogens (tertiary/aromatic N) is 6. The van der Waals surface area contributed by atoms with Gasteiger partial charge in [-0.15, -0.1) is 11.3 Å². The number of amides is 5. The molecule has 436 valence electrons. The zero-order valence-corrected chi connectivity index (χ0v) is 48.4. The van der Waals surface area contributed by atoms with Gasteiger partial charge in [-0.3, -0.25) is 24.1 Å². The molecule has 22 nitrogen and oxygen atoms in total. The highest BCUT2D eigenvalue weighted by molar-refractivity contribution is 7.19. The number of carbonyl (C=O) groups excluding carboxylic acids is 5. The number of carboxylic acid groups (broad SMARTS) is 1. The third kappa shape index (κ3) is 16.1. The van der Waals surface area contributed by atoms with Gasteiger partial charge in [0.1, 0.15) is 24.4 Å². The van der Waals surface area contributed by atoms with Crippen molar-refractivity contribution >= 4 is 57.1 Å². The molecule has 2 fully saturated rings. The Hall–Kier alpha value is -6.07. The number of aliphatic carboxylic acids is 1. The molecule has 1 aromatic heterocycles. The molecular weight excluding hydrogens is 1040 g/mol. The second-order valence-electron chi connectivity index (χ2n) is 21.5. The third-order valence-corrected chi connectivity index (χ3v) is 16.5. The van der Waals surface area contributed by atoms with Crippen LogP contribution in [0.1, 0.15) is 116 Å². The Labute approximate surface area is 467 Å². The number of benzene rings is 2. The number of likely N-dealkylation sites (N-methyl/N-ethyl adjacent to an activating group) is 2. The van der Waals surface area contributed by atoms with Crippen LogP contribution >= 0.6 is 11.3 Å². The number of fused-ring (bicyclic) bond motifs is 1. The molecule has 1 unspecified atom stereocenters. The minimum Gasteiger partial charge on any atom is -0.479 e. The van der Waals surface area contributed by atoms with E-state index in [0.29, 0.717) is 57.6 Å². The van der Waals surface area contributed by atoms with Gasteiger partial charge in [-0.1, -0.05) is 96.4 Å². The number of likely N-dealkylation sites (tertiary alicyclic amines) is 1. The van der Waals surface area contributed by atoms with Crippen LogP contribution in [-0.4, -0.2) is 161 Å². The van der Waals surface area contributed by atoms with E-state index < -0.39 is 109 Å². The Morgan fingerprint density at radius 1 is 0.937 bits per heavy atom. The van der Waals surface area contributed by atoms with E-state index in [-0.39, 0.29) is 50.1 Å². The molecular formula is C56H82N8O14S. The fourth-order valence-corrected chi connectivity index (χ4v) is 11.9. The quantitative estimate of drug-likeness (QED) is 0.0294. The average Bonchev–Trinajstić information content (AvgIpc) is 4.19. The van der Waals surface area contributed by atoms with Crippen LogP contribution in [-0.2, 0) is 56.1 Å². The van der Waals surface area contributed by atoms with Gasteiger partial charge in [-0.2, -0.15) is 0 Å². The highest BCUT2D eigenvalue weighted by atomic mass is 32.1. The summed E-state index contributed by atoms with van der Waals surface area (Å²) in [6, 6.07) is 10.3. The van der Waals surface area contributed by atoms with Gasteiger partial charge in [0.2, 0.25) is 29.9 Å². The van der Waals surface area contributed by atoms with Crippen molar-refractivity contribution in [1.29, 1.82) is 0 Å². The molecule has 5 amide bonds. The first-order valence-electron chi connectivity index (χ1n) is 27.1. The maximum absolute atomic E-state index is 14.8. The Kier molecular flexibility index (Phi) is 23.7. The number of ether oxygens (including phenoxy) is 5. The van der Waals surface area contributed by atoms with Crippen LogP contribution in [0.15, 0.2) is 53.6 Å². The zero-order chi connectivity index (χ0) is 58.4. The lowest BCUT2D eigenvalue weighted by atomic mass is 9.89. The number of carbonyl (C=O) groups is 6. The SMILES string of the molecule is CC[C@H](C)[C@@H]([C@@H](CC(=O)N1CCC[C@H]1[C@H](OC)[C@@H](C)C(=O)N[C@H](C)[C@@H](O)c1ccccc1)OC)N(C)C(=O)C(NC(=O)[C@H](C(C)C)N(C)C(=O)OCc1ccc(O[C@H]2C[C@@H](O)C[C@@H](C(=O)O)O2)c2cc(CN=[N+]=[N-])sc12)C(C)C. The van der Waals surface area contributed by atoms with Crippen molar-refractivity contribution in [3.63, 3.8) is 0 Å². The summed E-state index contributed by atoms with van der Waals surface area (Å²) >= 11 is 1.27. The number of aliphatic hydroxyl groups is 2. The molecule has 0 aliphatic carbocycles. The predicted molar refractivity (Wildman–Crippen MR) is 295 cm³/mol. The molecule has 0 saturated carbocycles. The van der Waals surface area contributed by atoms with Gasteiger partial charge in [-0.25, -0.2) is 9.59 Å². The van der Waals surface area contributed by atoms with E-state index in [4.69, 9.17) is 29.2 Å². The fraction of sp³-hybridized carbons (Fsp3) is 0.643. The fourth-order valence-electron chi connectivity index (χ4n) is 10.8. The number of nitrogens with one attached hydrogen (secondary N) is 2. The highest BCUT2D eigenvalue weighted by Crippen LogP contribution is 2.38. The van der Waals surface area contributed by atoms with Crippen molar-refractivity contribution in [3.8, 4) is 5.75 Å². The summed E-state index contributed by atoms with van der Waals surface area (Å²) in [6.07, 6.45) is -4.71. The zero-order valence-electron chi connectivity index (χ0n) is 47.6. The molecule has 3 heterocycles. The van der Waals surface area contributed by atoms with Crippen molar-refractivity contribution in [1.82, 2.24) is 25.3 Å². The Morgan fingerprint density at radius 2 is 1.63 bits per heavy atom. The van der Waals surface area contributed by atoms with E-state index in [1.165, 1.54) is 37.5 Å². The summed E-state index contributed by atoms with van der Waals surface area (Å²) in [5.74, 6) is -4.17. The average molecular weight is 1120 g/mol. The topological polar surface area (TPSA) is 292 Å². The summed E-state index contributed by atoms with van der Waals surface area (Å²) in [5.41, 5.74) is 10.2. The van der Waals surface area contributed by atoms with Gasteiger partial charge >= 0.3 is 12.1 Å². The highest BCUT2D eigenvalue weighted by Gasteiger charge is 2.44. The molecule has 0 bridgehead atoms. The van der Waals surface area contributed by atoms with Crippen molar-refractivity contribution in [2.75, 3.05) is 34.9 Å². The number of azide groups is 1. The number of hydrogen-bond donors (Lipinski definition) is 5. The van der Waals surface area contributed by atoms with Gasteiger partial charge < -0.3 is 59.4 Å². The number of thiophene rings is 1. The lowest BCUT2D eigenvalue weighted by Gasteiger charge is -2.41. The molecule has 5 N–H and O–H groups in total. The van der Waals surface area contributed by atoms with Crippen LogP contribution in [0, 0.1) is 23.7 Å². The maximum atomic E-state index is 14.8. The van der Waals surface area contributed by atoms with Crippen LogP contribution in [0.4, 0.5) is 4.79 Å². The van der Waals surface area contributed by atoms with Crippen LogP contribution in [0.2, 0.25) is 0 Å². The Balaban J connectivity index is 1.27.